The van der Waals surface area contributed by atoms with Crippen LogP contribution in [0, 0.1) is 5.92 Å². The summed E-state index contributed by atoms with van der Waals surface area (Å²) in [5, 5.41) is 5.78. The Balaban J connectivity index is 2.36. The van der Waals surface area contributed by atoms with Crippen LogP contribution in [0.25, 0.3) is 0 Å². The van der Waals surface area contributed by atoms with Crippen molar-refractivity contribution in [1.29, 1.82) is 0 Å². The van der Waals surface area contributed by atoms with Gasteiger partial charge in [-0.05, 0) is 30.3 Å². The second kappa shape index (κ2) is 5.50. The highest BCUT2D eigenvalue weighted by atomic mass is 32.1. The molecule has 0 saturated carbocycles. The summed E-state index contributed by atoms with van der Waals surface area (Å²) < 4.78 is 4.92. The molecule has 0 aromatic carbocycles. The Morgan fingerprint density at radius 3 is 2.87 bits per heavy atom. The molecule has 1 rings (SSSR count). The van der Waals surface area contributed by atoms with Crippen LogP contribution in [0.4, 0.5) is 0 Å². The van der Waals surface area contributed by atoms with Gasteiger partial charge in [0.25, 0.3) is 5.91 Å². The number of thiocarbonyl (C=S) groups is 1. The smallest absolute Gasteiger partial charge is 0.293 e. The Labute approximate surface area is 94.0 Å². The average Bonchev–Trinajstić information content (AvgIpc) is 2.67. The van der Waals surface area contributed by atoms with Crippen molar-refractivity contribution >= 4 is 23.2 Å². The van der Waals surface area contributed by atoms with E-state index in [9.17, 15) is 4.79 Å². The molecule has 0 fully saturated rings. The number of carbonyl (C=O) groups is 1. The van der Waals surface area contributed by atoms with Crippen LogP contribution < -0.4 is 10.6 Å². The Hall–Kier alpha value is -1.36. The zero-order valence-electron chi connectivity index (χ0n) is 8.74. The summed E-state index contributed by atoms with van der Waals surface area (Å²) in [4.78, 5) is 11.4. The van der Waals surface area contributed by atoms with Gasteiger partial charge in [0, 0.05) is 6.54 Å². The van der Waals surface area contributed by atoms with Crippen LogP contribution in [-0.4, -0.2) is 17.6 Å². The van der Waals surface area contributed by atoms with Crippen molar-refractivity contribution in [3.8, 4) is 0 Å². The van der Waals surface area contributed by atoms with E-state index < -0.39 is 0 Å². The van der Waals surface area contributed by atoms with Gasteiger partial charge in [0.15, 0.2) is 10.9 Å². The molecule has 1 aromatic rings. The first-order valence-electron chi connectivity index (χ1n) is 4.72. The molecule has 0 unspecified atom stereocenters. The van der Waals surface area contributed by atoms with Gasteiger partial charge in [-0.15, -0.1) is 0 Å². The highest BCUT2D eigenvalue weighted by Gasteiger charge is 2.09. The van der Waals surface area contributed by atoms with E-state index >= 15 is 0 Å². The van der Waals surface area contributed by atoms with E-state index in [4.69, 9.17) is 16.6 Å². The van der Waals surface area contributed by atoms with Crippen molar-refractivity contribution < 1.29 is 9.21 Å². The minimum atomic E-state index is -0.332. The molecule has 5 heteroatoms. The lowest BCUT2D eigenvalue weighted by Crippen LogP contribution is -2.40. The molecular formula is C10H14N2O2S. The van der Waals surface area contributed by atoms with E-state index in [1.165, 1.54) is 6.26 Å². The molecule has 2 N–H and O–H groups in total. The van der Waals surface area contributed by atoms with Crippen LogP contribution in [0.1, 0.15) is 24.4 Å². The van der Waals surface area contributed by atoms with E-state index in [1.807, 2.05) is 0 Å². The molecule has 0 spiro atoms. The summed E-state index contributed by atoms with van der Waals surface area (Å²) in [5.41, 5.74) is 0. The molecule has 0 radical (unpaired) electrons. The van der Waals surface area contributed by atoms with Crippen molar-refractivity contribution in [3.05, 3.63) is 24.2 Å². The lowest BCUT2D eigenvalue weighted by Gasteiger charge is -2.10. The molecule has 0 bridgehead atoms. The first-order valence-corrected chi connectivity index (χ1v) is 5.13. The Morgan fingerprint density at radius 2 is 2.33 bits per heavy atom. The van der Waals surface area contributed by atoms with Crippen LogP contribution in [0.15, 0.2) is 22.8 Å². The normalized spacial score (nSPS) is 10.1. The van der Waals surface area contributed by atoms with Gasteiger partial charge in [-0.3, -0.25) is 10.1 Å². The van der Waals surface area contributed by atoms with Gasteiger partial charge in [0.05, 0.1) is 6.26 Å². The summed E-state index contributed by atoms with van der Waals surface area (Å²) in [5.74, 6) is 0.397. The molecular weight excluding hydrogens is 212 g/mol. The molecule has 0 atom stereocenters. The molecule has 4 nitrogen and oxygen atoms in total. The quantitative estimate of drug-likeness (QED) is 0.768. The number of rotatable bonds is 3. The van der Waals surface area contributed by atoms with Crippen molar-refractivity contribution in [2.75, 3.05) is 6.54 Å². The first kappa shape index (κ1) is 11.7. The Morgan fingerprint density at radius 1 is 1.60 bits per heavy atom. The minimum Gasteiger partial charge on any atom is -0.459 e. The average molecular weight is 226 g/mol. The molecule has 0 aliphatic carbocycles. The number of carbonyl (C=O) groups excluding carboxylic acids is 1. The molecule has 0 aliphatic heterocycles. The summed E-state index contributed by atoms with van der Waals surface area (Å²) in [7, 11) is 0. The Bertz CT molecular complexity index is 333. The zero-order chi connectivity index (χ0) is 11.3. The molecule has 15 heavy (non-hydrogen) atoms. The van der Waals surface area contributed by atoms with E-state index in [0.29, 0.717) is 11.0 Å². The van der Waals surface area contributed by atoms with Gasteiger partial charge in [0.2, 0.25) is 0 Å². The lowest BCUT2D eigenvalue weighted by atomic mass is 10.2. The Kier molecular flexibility index (Phi) is 4.30. The summed E-state index contributed by atoms with van der Waals surface area (Å²) in [6.45, 7) is 4.85. The van der Waals surface area contributed by atoms with E-state index in [0.717, 1.165) is 6.54 Å². The molecule has 1 amide bonds. The fourth-order valence-corrected chi connectivity index (χ4v) is 1.09. The van der Waals surface area contributed by atoms with Crippen LogP contribution >= 0.6 is 12.2 Å². The third kappa shape index (κ3) is 4.12. The van der Waals surface area contributed by atoms with Gasteiger partial charge in [-0.25, -0.2) is 0 Å². The standard InChI is InChI=1S/C10H14N2O2S/c1-7(2)6-11-10(15)12-9(13)8-4-3-5-14-8/h3-5,7H,6H2,1-2H3,(H2,11,12,13,15). The van der Waals surface area contributed by atoms with Gasteiger partial charge in [0.1, 0.15) is 0 Å². The van der Waals surface area contributed by atoms with Gasteiger partial charge in [-0.1, -0.05) is 13.8 Å². The lowest BCUT2D eigenvalue weighted by molar-refractivity contribution is 0.0949. The van der Waals surface area contributed by atoms with E-state index in [-0.39, 0.29) is 11.7 Å². The predicted molar refractivity (Wildman–Crippen MR) is 61.6 cm³/mol. The number of amides is 1. The van der Waals surface area contributed by atoms with Crippen LogP contribution in [-0.2, 0) is 0 Å². The van der Waals surface area contributed by atoms with E-state index in [2.05, 4.69) is 24.5 Å². The predicted octanol–water partition coefficient (Wildman–Crippen LogP) is 1.54. The topological polar surface area (TPSA) is 54.3 Å². The third-order valence-electron chi connectivity index (χ3n) is 1.64. The highest BCUT2D eigenvalue weighted by Crippen LogP contribution is 1.98. The molecule has 0 aliphatic rings. The fourth-order valence-electron chi connectivity index (χ4n) is 0.913. The first-order chi connectivity index (χ1) is 7.09. The van der Waals surface area contributed by atoms with Crippen molar-refractivity contribution in [1.82, 2.24) is 10.6 Å². The van der Waals surface area contributed by atoms with Crippen molar-refractivity contribution in [2.24, 2.45) is 5.92 Å². The van der Waals surface area contributed by atoms with Crippen LogP contribution in [0.3, 0.4) is 0 Å². The molecule has 82 valence electrons. The van der Waals surface area contributed by atoms with Gasteiger partial charge >= 0.3 is 0 Å². The van der Waals surface area contributed by atoms with Gasteiger partial charge < -0.3 is 9.73 Å². The highest BCUT2D eigenvalue weighted by molar-refractivity contribution is 7.80. The minimum absolute atomic E-state index is 0.253. The van der Waals surface area contributed by atoms with Crippen LogP contribution in [0.2, 0.25) is 0 Å². The molecule has 1 aromatic heterocycles. The van der Waals surface area contributed by atoms with Gasteiger partial charge in [-0.2, -0.15) is 0 Å². The second-order valence-corrected chi connectivity index (χ2v) is 3.94. The summed E-state index contributed by atoms with van der Waals surface area (Å²) >= 11 is 4.94. The number of hydrogen-bond acceptors (Lipinski definition) is 3. The number of nitrogens with one attached hydrogen (secondary N) is 2. The molecule has 0 saturated heterocycles. The number of hydrogen-bond donors (Lipinski definition) is 2. The van der Waals surface area contributed by atoms with E-state index in [1.54, 1.807) is 12.1 Å². The molecule has 1 heterocycles. The van der Waals surface area contributed by atoms with Crippen molar-refractivity contribution in [2.45, 2.75) is 13.8 Å². The summed E-state index contributed by atoms with van der Waals surface area (Å²) in [6.07, 6.45) is 1.44. The SMILES string of the molecule is CC(C)CNC(=S)NC(=O)c1ccco1. The van der Waals surface area contributed by atoms with Crippen LogP contribution in [0.5, 0.6) is 0 Å². The largest absolute Gasteiger partial charge is 0.459 e. The number of furan rings is 1. The maximum absolute atomic E-state index is 11.4. The monoisotopic (exact) mass is 226 g/mol. The zero-order valence-corrected chi connectivity index (χ0v) is 9.56. The maximum Gasteiger partial charge on any atom is 0.293 e. The maximum atomic E-state index is 11.4. The second-order valence-electron chi connectivity index (χ2n) is 3.54. The van der Waals surface area contributed by atoms with Crippen molar-refractivity contribution in [3.63, 3.8) is 0 Å². The third-order valence-corrected chi connectivity index (χ3v) is 1.89. The fraction of sp³-hybridized carbons (Fsp3) is 0.400. The summed E-state index contributed by atoms with van der Waals surface area (Å²) in [6, 6.07) is 3.24.